The van der Waals surface area contributed by atoms with E-state index in [4.69, 9.17) is 4.74 Å². The number of hydrogen-bond acceptors (Lipinski definition) is 3. The van der Waals surface area contributed by atoms with Crippen molar-refractivity contribution in [1.29, 1.82) is 0 Å². The second kappa shape index (κ2) is 10.1. The fourth-order valence-electron chi connectivity index (χ4n) is 3.70. The lowest BCUT2D eigenvalue weighted by Gasteiger charge is -2.29. The molecule has 3 rings (SSSR count). The number of rotatable bonds is 8. The third kappa shape index (κ3) is 5.81. The molecule has 1 aliphatic carbocycles. The Kier molecular flexibility index (Phi) is 7.25. The van der Waals surface area contributed by atoms with Gasteiger partial charge in [0.15, 0.2) is 0 Å². The van der Waals surface area contributed by atoms with Crippen molar-refractivity contribution < 1.29 is 14.3 Å². The molecule has 0 spiro atoms. The average Bonchev–Trinajstić information content (AvgIpc) is 3.22. The van der Waals surface area contributed by atoms with Gasteiger partial charge in [-0.1, -0.05) is 67.4 Å². The molecule has 0 heterocycles. The summed E-state index contributed by atoms with van der Waals surface area (Å²) in [5.41, 5.74) is 2.28. The third-order valence-corrected chi connectivity index (χ3v) is 5.33. The largest absolute Gasteiger partial charge is 0.380 e. The van der Waals surface area contributed by atoms with E-state index in [0.29, 0.717) is 32.5 Å². The summed E-state index contributed by atoms with van der Waals surface area (Å²) in [6, 6.07) is 17.3. The van der Waals surface area contributed by atoms with Crippen LogP contribution in [-0.2, 0) is 29.2 Å². The molecule has 0 unspecified atom stereocenters. The molecule has 29 heavy (non-hydrogen) atoms. The van der Waals surface area contributed by atoms with Crippen LogP contribution in [0.25, 0.3) is 0 Å². The lowest BCUT2D eigenvalue weighted by Crippen LogP contribution is -2.59. The minimum Gasteiger partial charge on any atom is -0.380 e. The maximum Gasteiger partial charge on any atom is 0.315 e. The summed E-state index contributed by atoms with van der Waals surface area (Å²) in [5, 5.41) is 8.80. The van der Waals surface area contributed by atoms with E-state index in [1.807, 2.05) is 54.6 Å². The topological polar surface area (TPSA) is 79.5 Å². The van der Waals surface area contributed by atoms with Gasteiger partial charge in [-0.2, -0.15) is 0 Å². The Morgan fingerprint density at radius 2 is 1.45 bits per heavy atom. The highest BCUT2D eigenvalue weighted by Crippen LogP contribution is 2.30. The summed E-state index contributed by atoms with van der Waals surface area (Å²) in [4.78, 5) is 25.4. The minimum atomic E-state index is -0.837. The number of carbonyl (C=O) groups excluding carboxylic acids is 2. The average molecular weight is 396 g/mol. The maximum atomic E-state index is 12.9. The molecule has 154 valence electrons. The second-order valence-electron chi connectivity index (χ2n) is 7.51. The van der Waals surface area contributed by atoms with Gasteiger partial charge in [-0.3, -0.25) is 4.79 Å². The molecule has 0 aliphatic heterocycles. The van der Waals surface area contributed by atoms with Gasteiger partial charge < -0.3 is 20.7 Å². The molecular formula is C23H29N3O3. The van der Waals surface area contributed by atoms with Gasteiger partial charge in [0, 0.05) is 20.2 Å². The number of carbonyl (C=O) groups is 2. The van der Waals surface area contributed by atoms with Gasteiger partial charge in [-0.25, -0.2) is 4.79 Å². The summed E-state index contributed by atoms with van der Waals surface area (Å²) in [6.07, 6.45) is 3.17. The summed E-state index contributed by atoms with van der Waals surface area (Å²) in [5.74, 6) is -0.120. The molecule has 1 fully saturated rings. The van der Waals surface area contributed by atoms with Crippen molar-refractivity contribution >= 4 is 11.9 Å². The van der Waals surface area contributed by atoms with Gasteiger partial charge in [-0.05, 0) is 29.5 Å². The van der Waals surface area contributed by atoms with Crippen LogP contribution in [0.1, 0.15) is 42.4 Å². The molecule has 3 N–H and O–H groups in total. The smallest absolute Gasteiger partial charge is 0.315 e. The molecule has 6 heteroatoms. The standard InChI is InChI=1S/C23H29N3O3/c1-29-17-20-11-9-19(10-12-20)15-24-21(27)23(13-5-6-14-23)26-22(28)25-16-18-7-3-2-4-8-18/h2-4,7-12H,5-6,13-17H2,1H3,(H,24,27)(H2,25,26,28). The molecule has 6 nitrogen and oxygen atoms in total. The van der Waals surface area contributed by atoms with Crippen LogP contribution in [0.2, 0.25) is 0 Å². The Balaban J connectivity index is 1.54. The molecule has 2 aromatic rings. The first kappa shape index (κ1) is 20.9. The van der Waals surface area contributed by atoms with Crippen molar-refractivity contribution in [1.82, 2.24) is 16.0 Å². The van der Waals surface area contributed by atoms with Crippen LogP contribution in [0.5, 0.6) is 0 Å². The van der Waals surface area contributed by atoms with Gasteiger partial charge in [0.05, 0.1) is 6.61 Å². The van der Waals surface area contributed by atoms with Crippen LogP contribution in [-0.4, -0.2) is 24.6 Å². The Hall–Kier alpha value is -2.86. The first-order valence-corrected chi connectivity index (χ1v) is 10.1. The zero-order valence-electron chi connectivity index (χ0n) is 16.9. The Labute approximate surface area is 172 Å². The van der Waals surface area contributed by atoms with Gasteiger partial charge in [0.1, 0.15) is 5.54 Å². The Morgan fingerprint density at radius 1 is 0.862 bits per heavy atom. The van der Waals surface area contributed by atoms with E-state index in [9.17, 15) is 9.59 Å². The highest BCUT2D eigenvalue weighted by molar-refractivity contribution is 5.91. The highest BCUT2D eigenvalue weighted by Gasteiger charge is 2.42. The summed E-state index contributed by atoms with van der Waals surface area (Å²) < 4.78 is 5.12. The van der Waals surface area contributed by atoms with Crippen molar-refractivity contribution in [3.8, 4) is 0 Å². The van der Waals surface area contributed by atoms with E-state index in [-0.39, 0.29) is 11.9 Å². The van der Waals surface area contributed by atoms with E-state index in [1.165, 1.54) is 0 Å². The van der Waals surface area contributed by atoms with E-state index in [2.05, 4.69) is 16.0 Å². The molecule has 0 aromatic heterocycles. The number of nitrogens with one attached hydrogen (secondary N) is 3. The van der Waals surface area contributed by atoms with Crippen LogP contribution in [0.3, 0.4) is 0 Å². The first-order chi connectivity index (χ1) is 14.1. The molecule has 0 bridgehead atoms. The van der Waals surface area contributed by atoms with Crippen molar-refractivity contribution in [3.05, 3.63) is 71.3 Å². The van der Waals surface area contributed by atoms with Gasteiger partial charge in [0.2, 0.25) is 5.91 Å². The quantitative estimate of drug-likeness (QED) is 0.642. The summed E-state index contributed by atoms with van der Waals surface area (Å²) in [7, 11) is 1.66. The molecule has 0 saturated heterocycles. The number of methoxy groups -OCH3 is 1. The predicted molar refractivity (Wildman–Crippen MR) is 112 cm³/mol. The Morgan fingerprint density at radius 3 is 2.10 bits per heavy atom. The minimum absolute atomic E-state index is 0.120. The van der Waals surface area contributed by atoms with E-state index < -0.39 is 5.54 Å². The molecule has 1 saturated carbocycles. The summed E-state index contributed by atoms with van der Waals surface area (Å²) in [6.45, 7) is 1.43. The van der Waals surface area contributed by atoms with E-state index in [1.54, 1.807) is 7.11 Å². The number of benzene rings is 2. The van der Waals surface area contributed by atoms with Crippen LogP contribution in [0.4, 0.5) is 4.79 Å². The molecule has 1 aliphatic rings. The van der Waals surface area contributed by atoms with Crippen LogP contribution >= 0.6 is 0 Å². The predicted octanol–water partition coefficient (Wildman–Crippen LogP) is 3.26. The van der Waals surface area contributed by atoms with Crippen LogP contribution in [0.15, 0.2) is 54.6 Å². The summed E-state index contributed by atoms with van der Waals surface area (Å²) >= 11 is 0. The lowest BCUT2D eigenvalue weighted by atomic mass is 9.96. The number of hydrogen-bond donors (Lipinski definition) is 3. The van der Waals surface area contributed by atoms with Crippen molar-refractivity contribution in [2.45, 2.75) is 50.9 Å². The third-order valence-electron chi connectivity index (χ3n) is 5.33. The highest BCUT2D eigenvalue weighted by atomic mass is 16.5. The van der Waals surface area contributed by atoms with Gasteiger partial charge >= 0.3 is 6.03 Å². The zero-order chi connectivity index (χ0) is 20.5. The number of urea groups is 1. The molecule has 0 radical (unpaired) electrons. The van der Waals surface area contributed by atoms with Crippen molar-refractivity contribution in [2.24, 2.45) is 0 Å². The second-order valence-corrected chi connectivity index (χ2v) is 7.51. The zero-order valence-corrected chi connectivity index (χ0v) is 16.9. The van der Waals surface area contributed by atoms with Gasteiger partial charge in [0.25, 0.3) is 0 Å². The van der Waals surface area contributed by atoms with Crippen LogP contribution in [0, 0.1) is 0 Å². The fraction of sp³-hybridized carbons (Fsp3) is 0.391. The maximum absolute atomic E-state index is 12.9. The number of amides is 3. The molecular weight excluding hydrogens is 366 g/mol. The number of ether oxygens (including phenoxy) is 1. The van der Waals surface area contributed by atoms with Gasteiger partial charge in [-0.15, -0.1) is 0 Å². The normalized spacial score (nSPS) is 14.9. The molecule has 2 aromatic carbocycles. The molecule has 0 atom stereocenters. The fourth-order valence-corrected chi connectivity index (χ4v) is 3.70. The molecule has 3 amide bonds. The SMILES string of the molecule is COCc1ccc(CNC(=O)C2(NC(=O)NCc3ccccc3)CCCC2)cc1. The van der Waals surface area contributed by atoms with Crippen molar-refractivity contribution in [3.63, 3.8) is 0 Å². The van der Waals surface area contributed by atoms with E-state index >= 15 is 0 Å². The van der Waals surface area contributed by atoms with Crippen molar-refractivity contribution in [2.75, 3.05) is 7.11 Å². The van der Waals surface area contributed by atoms with E-state index in [0.717, 1.165) is 29.5 Å². The lowest BCUT2D eigenvalue weighted by molar-refractivity contribution is -0.127. The van der Waals surface area contributed by atoms with Crippen LogP contribution < -0.4 is 16.0 Å². The monoisotopic (exact) mass is 395 g/mol. The Bertz CT molecular complexity index is 800. The first-order valence-electron chi connectivity index (χ1n) is 10.1.